The normalized spacial score (nSPS) is 18.8. The number of hydrogen-bond acceptors (Lipinski definition) is 4. The van der Waals surface area contributed by atoms with Crippen molar-refractivity contribution in [1.29, 1.82) is 0 Å². The van der Waals surface area contributed by atoms with Crippen molar-refractivity contribution < 1.29 is 24.5 Å². The topological polar surface area (TPSA) is 87.1 Å². The first-order valence-corrected chi connectivity index (χ1v) is 9.55. The minimum atomic E-state index is -0.972. The molecule has 148 valence electrons. The van der Waals surface area contributed by atoms with Gasteiger partial charge in [-0.2, -0.15) is 0 Å². The molecule has 1 saturated heterocycles. The molecule has 1 aromatic carbocycles. The third-order valence-corrected chi connectivity index (χ3v) is 4.62. The number of aliphatic hydroxyl groups is 1. The lowest BCUT2D eigenvalue weighted by atomic mass is 9.99. The van der Waals surface area contributed by atoms with Gasteiger partial charge in [-0.15, -0.1) is 0 Å². The molecule has 1 aliphatic heterocycles. The van der Waals surface area contributed by atoms with Gasteiger partial charge in [0.15, 0.2) is 0 Å². The van der Waals surface area contributed by atoms with Gasteiger partial charge in [0.25, 0.3) is 0 Å². The minimum absolute atomic E-state index is 0.0108. The van der Waals surface area contributed by atoms with E-state index < -0.39 is 12.1 Å². The highest BCUT2D eigenvalue weighted by molar-refractivity contribution is 5.77. The van der Waals surface area contributed by atoms with E-state index in [1.165, 1.54) is 0 Å². The summed E-state index contributed by atoms with van der Waals surface area (Å²) in [6.45, 7) is 0.719. The number of hydrogen-bond donors (Lipinski definition) is 2. The highest BCUT2D eigenvalue weighted by Crippen LogP contribution is 2.20. The molecule has 0 spiro atoms. The molecule has 0 radical (unpaired) electrons. The number of piperidine rings is 1. The van der Waals surface area contributed by atoms with Gasteiger partial charge in [0.1, 0.15) is 6.61 Å². The number of carbonyl (C=O) groups is 2. The Morgan fingerprint density at radius 3 is 2.81 bits per heavy atom. The molecule has 2 rings (SSSR count). The van der Waals surface area contributed by atoms with Gasteiger partial charge >= 0.3 is 5.97 Å². The van der Waals surface area contributed by atoms with E-state index >= 15 is 0 Å². The SMILES string of the molecule is O=C(O)COCCCCN1C(=O)CCCC1/C=C/C(O)Cc1ccccc1. The predicted molar refractivity (Wildman–Crippen MR) is 102 cm³/mol. The summed E-state index contributed by atoms with van der Waals surface area (Å²) in [6.07, 6.45) is 7.52. The zero-order valence-electron chi connectivity index (χ0n) is 15.6. The minimum Gasteiger partial charge on any atom is -0.480 e. The number of likely N-dealkylation sites (tertiary alicyclic amines) is 1. The van der Waals surface area contributed by atoms with E-state index in [1.807, 2.05) is 41.3 Å². The molecule has 2 N–H and O–H groups in total. The second-order valence-corrected chi connectivity index (χ2v) is 6.84. The van der Waals surface area contributed by atoms with Crippen LogP contribution >= 0.6 is 0 Å². The Labute approximate surface area is 160 Å². The van der Waals surface area contributed by atoms with Crippen molar-refractivity contribution in [2.75, 3.05) is 19.8 Å². The van der Waals surface area contributed by atoms with Crippen LogP contribution in [0.2, 0.25) is 0 Å². The number of aliphatic carboxylic acids is 1. The third kappa shape index (κ3) is 7.93. The Kier molecular flexibility index (Phi) is 9.01. The number of carboxylic acid groups (broad SMARTS) is 1. The summed E-state index contributed by atoms with van der Waals surface area (Å²) in [5, 5.41) is 18.8. The number of amides is 1. The van der Waals surface area contributed by atoms with Crippen molar-refractivity contribution in [2.24, 2.45) is 0 Å². The van der Waals surface area contributed by atoms with E-state index in [2.05, 4.69) is 0 Å². The van der Waals surface area contributed by atoms with Crippen LogP contribution in [0.4, 0.5) is 0 Å². The maximum Gasteiger partial charge on any atom is 0.329 e. The zero-order valence-corrected chi connectivity index (χ0v) is 15.6. The van der Waals surface area contributed by atoms with Crippen LogP contribution in [0.3, 0.4) is 0 Å². The van der Waals surface area contributed by atoms with Gasteiger partial charge in [0, 0.05) is 26.0 Å². The Balaban J connectivity index is 1.79. The van der Waals surface area contributed by atoms with Gasteiger partial charge in [-0.05, 0) is 31.2 Å². The second kappa shape index (κ2) is 11.5. The molecule has 6 heteroatoms. The first-order valence-electron chi connectivity index (χ1n) is 9.55. The molecule has 0 bridgehead atoms. The molecular formula is C21H29NO5. The molecule has 6 nitrogen and oxygen atoms in total. The van der Waals surface area contributed by atoms with E-state index in [0.717, 1.165) is 24.8 Å². The number of carboxylic acids is 1. The van der Waals surface area contributed by atoms with Gasteiger partial charge in [0.2, 0.25) is 5.91 Å². The van der Waals surface area contributed by atoms with Gasteiger partial charge < -0.3 is 19.8 Å². The summed E-state index contributed by atoms with van der Waals surface area (Å²) in [4.78, 5) is 24.5. The van der Waals surface area contributed by atoms with Crippen molar-refractivity contribution in [3.8, 4) is 0 Å². The van der Waals surface area contributed by atoms with E-state index in [0.29, 0.717) is 32.4 Å². The quantitative estimate of drug-likeness (QED) is 0.458. The Hall–Kier alpha value is -2.18. The van der Waals surface area contributed by atoms with Crippen molar-refractivity contribution in [2.45, 2.75) is 50.7 Å². The number of rotatable bonds is 11. The molecule has 2 atom stereocenters. The van der Waals surface area contributed by atoms with Crippen molar-refractivity contribution in [3.63, 3.8) is 0 Å². The van der Waals surface area contributed by atoms with Crippen LogP contribution in [-0.2, 0) is 20.7 Å². The van der Waals surface area contributed by atoms with E-state index in [9.17, 15) is 14.7 Å². The average Bonchev–Trinajstić information content (AvgIpc) is 2.65. The van der Waals surface area contributed by atoms with Crippen LogP contribution in [0.25, 0.3) is 0 Å². The number of nitrogens with zero attached hydrogens (tertiary/aromatic N) is 1. The molecule has 27 heavy (non-hydrogen) atoms. The molecule has 0 aromatic heterocycles. The summed E-state index contributed by atoms with van der Waals surface area (Å²) in [5.41, 5.74) is 1.08. The lowest BCUT2D eigenvalue weighted by Gasteiger charge is -2.34. The number of aliphatic hydroxyl groups excluding tert-OH is 1. The number of benzene rings is 1. The summed E-state index contributed by atoms with van der Waals surface area (Å²) in [6, 6.07) is 9.83. The maximum absolute atomic E-state index is 12.3. The molecular weight excluding hydrogens is 346 g/mol. The predicted octanol–water partition coefficient (Wildman–Crippen LogP) is 2.41. The molecule has 0 aliphatic carbocycles. The zero-order chi connectivity index (χ0) is 19.5. The van der Waals surface area contributed by atoms with Gasteiger partial charge in [-0.3, -0.25) is 4.79 Å². The molecule has 1 heterocycles. The third-order valence-electron chi connectivity index (χ3n) is 4.62. The first kappa shape index (κ1) is 21.1. The lowest BCUT2D eigenvalue weighted by molar-refractivity contribution is -0.142. The number of unbranched alkanes of at least 4 members (excludes halogenated alkanes) is 1. The largest absolute Gasteiger partial charge is 0.480 e. The molecule has 2 unspecified atom stereocenters. The van der Waals surface area contributed by atoms with Crippen LogP contribution in [0.5, 0.6) is 0 Å². The lowest BCUT2D eigenvalue weighted by Crippen LogP contribution is -2.43. The first-order chi connectivity index (χ1) is 13.1. The average molecular weight is 375 g/mol. The monoisotopic (exact) mass is 375 g/mol. The van der Waals surface area contributed by atoms with Gasteiger partial charge in [-0.1, -0.05) is 42.5 Å². The van der Waals surface area contributed by atoms with Gasteiger partial charge in [0.05, 0.1) is 12.1 Å². The fourth-order valence-corrected chi connectivity index (χ4v) is 3.26. The maximum atomic E-state index is 12.3. The Morgan fingerprint density at radius 1 is 1.30 bits per heavy atom. The summed E-state index contributed by atoms with van der Waals surface area (Å²) in [7, 11) is 0. The fraction of sp³-hybridized carbons (Fsp3) is 0.524. The van der Waals surface area contributed by atoms with Crippen LogP contribution < -0.4 is 0 Å². The number of carbonyl (C=O) groups excluding carboxylic acids is 1. The van der Waals surface area contributed by atoms with Crippen LogP contribution in [0, 0.1) is 0 Å². The fourth-order valence-electron chi connectivity index (χ4n) is 3.26. The highest BCUT2D eigenvalue weighted by atomic mass is 16.5. The summed E-state index contributed by atoms with van der Waals surface area (Å²) in [5.74, 6) is -0.833. The standard InChI is InChI=1S/C21H29NO5/c23-19(15-17-7-2-1-3-8-17)12-11-18-9-6-10-20(24)22(18)13-4-5-14-27-16-21(25)26/h1-3,7-8,11-12,18-19,23H,4-6,9-10,13-16H2,(H,25,26)/b12-11+. The van der Waals surface area contributed by atoms with Crippen LogP contribution in [-0.4, -0.2) is 58.9 Å². The molecule has 1 fully saturated rings. The van der Waals surface area contributed by atoms with E-state index in [1.54, 1.807) is 6.08 Å². The van der Waals surface area contributed by atoms with Crippen molar-refractivity contribution >= 4 is 11.9 Å². The Morgan fingerprint density at radius 2 is 2.07 bits per heavy atom. The van der Waals surface area contributed by atoms with Crippen LogP contribution in [0.15, 0.2) is 42.5 Å². The van der Waals surface area contributed by atoms with Crippen molar-refractivity contribution in [3.05, 3.63) is 48.0 Å². The van der Waals surface area contributed by atoms with Crippen LogP contribution in [0.1, 0.15) is 37.7 Å². The second-order valence-electron chi connectivity index (χ2n) is 6.84. The molecule has 1 aliphatic rings. The summed E-state index contributed by atoms with van der Waals surface area (Å²) < 4.78 is 5.02. The molecule has 1 aromatic rings. The van der Waals surface area contributed by atoms with Gasteiger partial charge in [-0.25, -0.2) is 4.79 Å². The highest BCUT2D eigenvalue weighted by Gasteiger charge is 2.25. The van der Waals surface area contributed by atoms with Crippen molar-refractivity contribution in [1.82, 2.24) is 4.90 Å². The smallest absolute Gasteiger partial charge is 0.329 e. The number of ether oxygens (including phenoxy) is 1. The molecule has 1 amide bonds. The van der Waals surface area contributed by atoms with E-state index in [4.69, 9.17) is 9.84 Å². The molecule has 0 saturated carbocycles. The van der Waals surface area contributed by atoms with E-state index in [-0.39, 0.29) is 18.6 Å². The summed E-state index contributed by atoms with van der Waals surface area (Å²) >= 11 is 0. The Bertz CT molecular complexity index is 616.